The average molecular weight is 350 g/mol. The van der Waals surface area contributed by atoms with Gasteiger partial charge in [-0.2, -0.15) is 14.6 Å². The third-order valence-electron chi connectivity index (χ3n) is 3.68. The van der Waals surface area contributed by atoms with Gasteiger partial charge in [0.25, 0.3) is 11.7 Å². The summed E-state index contributed by atoms with van der Waals surface area (Å²) in [6.07, 6.45) is 1.39. The number of rotatable bonds is 3. The van der Waals surface area contributed by atoms with E-state index in [-0.39, 0.29) is 5.91 Å². The van der Waals surface area contributed by atoms with Crippen LogP contribution in [0, 0.1) is 0 Å². The van der Waals surface area contributed by atoms with Gasteiger partial charge in [0.1, 0.15) is 12.1 Å². The highest BCUT2D eigenvalue weighted by molar-refractivity contribution is 6.34. The SMILES string of the molecule is O=C(Nc1cc(-c2ccccc2)nc2ncnn12)c1ccccc1Cl. The number of nitrogens with zero attached hydrogens (tertiary/aromatic N) is 4. The van der Waals surface area contributed by atoms with Gasteiger partial charge in [-0.15, -0.1) is 0 Å². The summed E-state index contributed by atoms with van der Waals surface area (Å²) in [6.45, 7) is 0. The van der Waals surface area contributed by atoms with Crippen molar-refractivity contribution in [2.75, 3.05) is 5.32 Å². The highest BCUT2D eigenvalue weighted by atomic mass is 35.5. The second-order valence-corrected chi connectivity index (χ2v) is 5.71. The zero-order valence-electron chi connectivity index (χ0n) is 12.9. The molecule has 0 spiro atoms. The molecule has 0 saturated carbocycles. The van der Waals surface area contributed by atoms with Crippen molar-refractivity contribution in [1.82, 2.24) is 19.6 Å². The van der Waals surface area contributed by atoms with Crippen molar-refractivity contribution in [2.24, 2.45) is 0 Å². The quantitative estimate of drug-likeness (QED) is 0.612. The van der Waals surface area contributed by atoms with Crippen molar-refractivity contribution in [3.05, 3.63) is 77.6 Å². The molecule has 4 aromatic rings. The Morgan fingerprint density at radius 2 is 1.80 bits per heavy atom. The summed E-state index contributed by atoms with van der Waals surface area (Å²) in [6, 6.07) is 18.3. The van der Waals surface area contributed by atoms with Gasteiger partial charge >= 0.3 is 0 Å². The summed E-state index contributed by atoms with van der Waals surface area (Å²) in [7, 11) is 0. The van der Waals surface area contributed by atoms with Gasteiger partial charge in [0, 0.05) is 11.6 Å². The van der Waals surface area contributed by atoms with Crippen molar-refractivity contribution < 1.29 is 4.79 Å². The molecule has 0 atom stereocenters. The number of carbonyl (C=O) groups is 1. The van der Waals surface area contributed by atoms with Crippen molar-refractivity contribution >= 4 is 29.1 Å². The molecule has 0 saturated heterocycles. The highest BCUT2D eigenvalue weighted by Crippen LogP contribution is 2.22. The Bertz CT molecular complexity index is 1060. The lowest BCUT2D eigenvalue weighted by molar-refractivity contribution is 0.102. The van der Waals surface area contributed by atoms with Crippen LogP contribution in [0.5, 0.6) is 0 Å². The van der Waals surface area contributed by atoms with Crippen LogP contribution in [0.15, 0.2) is 67.0 Å². The van der Waals surface area contributed by atoms with Crippen LogP contribution < -0.4 is 5.32 Å². The van der Waals surface area contributed by atoms with Gasteiger partial charge in [-0.05, 0) is 12.1 Å². The van der Waals surface area contributed by atoms with Crippen LogP contribution >= 0.6 is 11.6 Å². The number of hydrogen-bond donors (Lipinski definition) is 1. The second-order valence-electron chi connectivity index (χ2n) is 5.30. The predicted octanol–water partition coefficient (Wildman–Crippen LogP) is 3.70. The third-order valence-corrected chi connectivity index (χ3v) is 4.01. The van der Waals surface area contributed by atoms with E-state index in [1.807, 2.05) is 30.3 Å². The van der Waals surface area contributed by atoms with E-state index in [2.05, 4.69) is 20.4 Å². The number of nitrogens with one attached hydrogen (secondary N) is 1. The Balaban J connectivity index is 1.77. The predicted molar refractivity (Wildman–Crippen MR) is 95.6 cm³/mol. The first-order valence-electron chi connectivity index (χ1n) is 7.54. The molecular weight excluding hydrogens is 338 g/mol. The number of amides is 1. The molecular formula is C18H12ClN5O. The van der Waals surface area contributed by atoms with Crippen LogP contribution in [0.4, 0.5) is 5.82 Å². The molecule has 0 bridgehead atoms. The molecule has 2 heterocycles. The van der Waals surface area contributed by atoms with E-state index in [1.54, 1.807) is 30.3 Å². The van der Waals surface area contributed by atoms with Crippen molar-refractivity contribution in [2.45, 2.75) is 0 Å². The van der Waals surface area contributed by atoms with Gasteiger partial charge in [-0.1, -0.05) is 54.1 Å². The lowest BCUT2D eigenvalue weighted by atomic mass is 10.1. The molecule has 0 aliphatic carbocycles. The molecule has 1 N–H and O–H groups in total. The summed E-state index contributed by atoms with van der Waals surface area (Å²) in [4.78, 5) is 21.2. The van der Waals surface area contributed by atoms with Crippen molar-refractivity contribution in [3.63, 3.8) is 0 Å². The summed E-state index contributed by atoms with van der Waals surface area (Å²) in [5.74, 6) is 0.537. The number of halogens is 1. The minimum absolute atomic E-state index is 0.326. The van der Waals surface area contributed by atoms with Crippen LogP contribution in [-0.4, -0.2) is 25.5 Å². The Morgan fingerprint density at radius 1 is 1.04 bits per heavy atom. The fourth-order valence-electron chi connectivity index (χ4n) is 2.49. The fraction of sp³-hybridized carbons (Fsp3) is 0. The average Bonchev–Trinajstić information content (AvgIpc) is 3.11. The highest BCUT2D eigenvalue weighted by Gasteiger charge is 2.14. The van der Waals surface area contributed by atoms with E-state index in [9.17, 15) is 4.79 Å². The van der Waals surface area contributed by atoms with Crippen molar-refractivity contribution in [3.8, 4) is 11.3 Å². The minimum Gasteiger partial charge on any atom is -0.306 e. The zero-order chi connectivity index (χ0) is 17.2. The largest absolute Gasteiger partial charge is 0.306 e. The number of hydrogen-bond acceptors (Lipinski definition) is 4. The molecule has 7 heteroatoms. The molecule has 4 rings (SSSR count). The normalized spacial score (nSPS) is 10.8. The minimum atomic E-state index is -0.326. The molecule has 122 valence electrons. The number of benzene rings is 2. The Morgan fingerprint density at radius 3 is 2.60 bits per heavy atom. The fourth-order valence-corrected chi connectivity index (χ4v) is 2.71. The molecule has 2 aromatic heterocycles. The lowest BCUT2D eigenvalue weighted by Gasteiger charge is -2.10. The Kier molecular flexibility index (Phi) is 3.87. The van der Waals surface area contributed by atoms with Gasteiger partial charge in [0.2, 0.25) is 0 Å². The smallest absolute Gasteiger partial charge is 0.258 e. The maximum Gasteiger partial charge on any atom is 0.258 e. The van der Waals surface area contributed by atoms with Gasteiger partial charge in [-0.3, -0.25) is 4.79 Å². The number of fused-ring (bicyclic) bond motifs is 1. The van der Waals surface area contributed by atoms with Crippen LogP contribution in [0.2, 0.25) is 5.02 Å². The summed E-state index contributed by atoms with van der Waals surface area (Å²) >= 11 is 6.10. The first-order chi connectivity index (χ1) is 12.2. The van der Waals surface area contributed by atoms with E-state index in [1.165, 1.54) is 10.8 Å². The second kappa shape index (κ2) is 6.33. The zero-order valence-corrected chi connectivity index (χ0v) is 13.7. The van der Waals surface area contributed by atoms with E-state index in [0.717, 1.165) is 5.56 Å². The maximum absolute atomic E-state index is 12.6. The molecule has 1 amide bonds. The molecule has 25 heavy (non-hydrogen) atoms. The van der Waals surface area contributed by atoms with Gasteiger partial charge < -0.3 is 5.32 Å². The van der Waals surface area contributed by atoms with E-state index in [4.69, 9.17) is 11.6 Å². The van der Waals surface area contributed by atoms with E-state index >= 15 is 0 Å². The van der Waals surface area contributed by atoms with Crippen LogP contribution in [0.3, 0.4) is 0 Å². The third kappa shape index (κ3) is 2.95. The topological polar surface area (TPSA) is 72.2 Å². The number of aromatic nitrogens is 4. The summed E-state index contributed by atoms with van der Waals surface area (Å²) < 4.78 is 1.47. The molecule has 0 aliphatic heterocycles. The first kappa shape index (κ1) is 15.3. The van der Waals surface area contributed by atoms with Gasteiger partial charge in [-0.25, -0.2) is 4.98 Å². The maximum atomic E-state index is 12.6. The van der Waals surface area contributed by atoms with Gasteiger partial charge in [0.15, 0.2) is 0 Å². The first-order valence-corrected chi connectivity index (χ1v) is 7.92. The van der Waals surface area contributed by atoms with E-state index < -0.39 is 0 Å². The lowest BCUT2D eigenvalue weighted by Crippen LogP contribution is -2.15. The molecule has 0 radical (unpaired) electrons. The molecule has 0 aliphatic rings. The Hall–Kier alpha value is -3.25. The molecule has 0 fully saturated rings. The monoisotopic (exact) mass is 349 g/mol. The van der Waals surface area contributed by atoms with Crippen LogP contribution in [0.25, 0.3) is 17.0 Å². The van der Waals surface area contributed by atoms with Crippen molar-refractivity contribution in [1.29, 1.82) is 0 Å². The Labute approximate surface area is 148 Å². The number of anilines is 1. The molecule has 0 unspecified atom stereocenters. The van der Waals surface area contributed by atoms with Crippen LogP contribution in [0.1, 0.15) is 10.4 Å². The molecule has 6 nitrogen and oxygen atoms in total. The van der Waals surface area contributed by atoms with Crippen LogP contribution in [-0.2, 0) is 0 Å². The molecule has 2 aromatic carbocycles. The standard InChI is InChI=1S/C18H12ClN5O/c19-14-9-5-4-8-13(14)17(25)23-16-10-15(12-6-2-1-3-7-12)22-18-20-11-21-24(16)18/h1-11H,(H,23,25). The van der Waals surface area contributed by atoms with E-state index in [0.29, 0.717) is 27.9 Å². The van der Waals surface area contributed by atoms with Gasteiger partial charge in [0.05, 0.1) is 16.3 Å². The summed E-state index contributed by atoms with van der Waals surface area (Å²) in [5.41, 5.74) is 1.99. The summed E-state index contributed by atoms with van der Waals surface area (Å²) in [5, 5.41) is 7.33. The number of carbonyl (C=O) groups excluding carboxylic acids is 1.